The Morgan fingerprint density at radius 2 is 1.33 bits per heavy atom. The van der Waals surface area contributed by atoms with Gasteiger partial charge in [0.05, 0.1) is 0 Å². The Kier molecular flexibility index (Phi) is 12.1. The molecule has 2 heteroatoms. The maximum Gasteiger partial charge on any atom is 0.331 e. The molecule has 0 unspecified atom stereocenters. The van der Waals surface area contributed by atoms with Crippen LogP contribution in [0.3, 0.4) is 0 Å². The molecular weight excluding hydrogens is 224 g/mol. The zero-order valence-corrected chi connectivity index (χ0v) is 12.2. The second-order valence-corrected chi connectivity index (χ2v) is 5.05. The van der Waals surface area contributed by atoms with E-state index in [2.05, 4.69) is 6.92 Å². The highest BCUT2D eigenvalue weighted by molar-refractivity contribution is 5.86. The van der Waals surface area contributed by atoms with Gasteiger partial charge < -0.3 is 5.11 Å². The molecule has 0 saturated heterocycles. The average molecular weight is 254 g/mol. The summed E-state index contributed by atoms with van der Waals surface area (Å²) >= 11 is 0. The summed E-state index contributed by atoms with van der Waals surface area (Å²) in [6.07, 6.45) is 15.4. The predicted molar refractivity (Wildman–Crippen MR) is 77.9 cm³/mol. The van der Waals surface area contributed by atoms with Gasteiger partial charge in [-0.1, -0.05) is 70.8 Å². The third-order valence-electron chi connectivity index (χ3n) is 3.42. The van der Waals surface area contributed by atoms with Crippen molar-refractivity contribution >= 4 is 5.97 Å². The second kappa shape index (κ2) is 12.7. The summed E-state index contributed by atoms with van der Waals surface area (Å²) < 4.78 is 0. The quantitative estimate of drug-likeness (QED) is 0.377. The number of hydrogen-bond donors (Lipinski definition) is 1. The van der Waals surface area contributed by atoms with Crippen LogP contribution in [0.1, 0.15) is 84.5 Å². The van der Waals surface area contributed by atoms with Crippen LogP contribution in [0, 0.1) is 0 Å². The Balaban J connectivity index is 3.23. The molecule has 0 aliphatic rings. The van der Waals surface area contributed by atoms with Gasteiger partial charge in [-0.2, -0.15) is 0 Å². The summed E-state index contributed by atoms with van der Waals surface area (Å²) in [5.74, 6) is -0.756. The number of carbonyl (C=O) groups is 1. The average Bonchev–Trinajstić information content (AvgIpc) is 2.35. The van der Waals surface area contributed by atoms with Crippen LogP contribution >= 0.6 is 0 Å². The Morgan fingerprint density at radius 1 is 0.889 bits per heavy atom. The van der Waals surface area contributed by atoms with Gasteiger partial charge in [-0.05, 0) is 19.8 Å². The van der Waals surface area contributed by atoms with Crippen molar-refractivity contribution in [3.05, 3.63) is 11.6 Å². The summed E-state index contributed by atoms with van der Waals surface area (Å²) in [6.45, 7) is 4.05. The largest absolute Gasteiger partial charge is 0.478 e. The van der Waals surface area contributed by atoms with E-state index in [0.29, 0.717) is 5.57 Å². The van der Waals surface area contributed by atoms with E-state index in [9.17, 15) is 4.79 Å². The fraction of sp³-hybridized carbons (Fsp3) is 0.812. The summed E-state index contributed by atoms with van der Waals surface area (Å²) in [6, 6.07) is 0. The molecule has 2 nitrogen and oxygen atoms in total. The number of allylic oxidation sites excluding steroid dienone is 1. The molecule has 0 bridgehead atoms. The first kappa shape index (κ1) is 17.2. The number of unbranched alkanes of at least 4 members (excludes halogenated alkanes) is 9. The molecule has 0 rings (SSSR count). The van der Waals surface area contributed by atoms with E-state index in [4.69, 9.17) is 5.11 Å². The molecule has 0 aromatic rings. The Labute approximate surface area is 112 Å². The van der Waals surface area contributed by atoms with E-state index in [1.54, 1.807) is 13.0 Å². The number of rotatable bonds is 12. The van der Waals surface area contributed by atoms with E-state index in [1.165, 1.54) is 57.8 Å². The molecule has 0 fully saturated rings. The maximum atomic E-state index is 10.8. The van der Waals surface area contributed by atoms with Crippen molar-refractivity contribution < 1.29 is 9.90 Å². The minimum Gasteiger partial charge on any atom is -0.478 e. The molecule has 0 saturated carbocycles. The zero-order valence-electron chi connectivity index (χ0n) is 12.2. The van der Waals surface area contributed by atoms with E-state index >= 15 is 0 Å². The third-order valence-corrected chi connectivity index (χ3v) is 3.42. The summed E-state index contributed by atoms with van der Waals surface area (Å²) in [4.78, 5) is 10.8. The SMILES string of the molecule is CC=C(CCCCCCCCCCCC)C(=O)O. The van der Waals surface area contributed by atoms with Crippen LogP contribution in [0.15, 0.2) is 11.6 Å². The fourth-order valence-corrected chi connectivity index (χ4v) is 2.18. The monoisotopic (exact) mass is 254 g/mol. The van der Waals surface area contributed by atoms with Crippen molar-refractivity contribution in [2.24, 2.45) is 0 Å². The fourth-order valence-electron chi connectivity index (χ4n) is 2.18. The van der Waals surface area contributed by atoms with Crippen molar-refractivity contribution in [3.63, 3.8) is 0 Å². The first-order chi connectivity index (χ1) is 8.72. The third kappa shape index (κ3) is 10.4. The van der Waals surface area contributed by atoms with Gasteiger partial charge in [-0.15, -0.1) is 0 Å². The number of hydrogen-bond acceptors (Lipinski definition) is 1. The second-order valence-electron chi connectivity index (χ2n) is 5.05. The lowest BCUT2D eigenvalue weighted by Gasteiger charge is -2.03. The van der Waals surface area contributed by atoms with Gasteiger partial charge in [0, 0.05) is 5.57 Å². The standard InChI is InChI=1S/C16H30O2/c1-3-5-6-7-8-9-10-11-12-13-14-15(4-2)16(17)18/h4H,3,5-14H2,1-2H3,(H,17,18). The first-order valence-corrected chi connectivity index (χ1v) is 7.60. The molecule has 0 spiro atoms. The van der Waals surface area contributed by atoms with Gasteiger partial charge in [0.15, 0.2) is 0 Å². The lowest BCUT2D eigenvalue weighted by Crippen LogP contribution is -1.99. The van der Waals surface area contributed by atoms with Crippen molar-refractivity contribution in [2.75, 3.05) is 0 Å². The predicted octanol–water partition coefficient (Wildman–Crippen LogP) is 5.33. The molecule has 18 heavy (non-hydrogen) atoms. The van der Waals surface area contributed by atoms with E-state index in [0.717, 1.165) is 12.8 Å². The van der Waals surface area contributed by atoms with Gasteiger partial charge in [-0.25, -0.2) is 4.79 Å². The van der Waals surface area contributed by atoms with Crippen LogP contribution in [-0.4, -0.2) is 11.1 Å². The minimum atomic E-state index is -0.756. The topological polar surface area (TPSA) is 37.3 Å². The van der Waals surface area contributed by atoms with E-state index in [-0.39, 0.29) is 0 Å². The zero-order chi connectivity index (χ0) is 13.6. The highest BCUT2D eigenvalue weighted by Gasteiger charge is 2.04. The Hall–Kier alpha value is -0.790. The van der Waals surface area contributed by atoms with E-state index in [1.807, 2.05) is 0 Å². The van der Waals surface area contributed by atoms with Crippen molar-refractivity contribution in [3.8, 4) is 0 Å². The molecule has 0 atom stereocenters. The smallest absolute Gasteiger partial charge is 0.331 e. The Morgan fingerprint density at radius 3 is 1.72 bits per heavy atom. The van der Waals surface area contributed by atoms with Gasteiger partial charge >= 0.3 is 5.97 Å². The molecular formula is C16H30O2. The number of carboxylic acid groups (broad SMARTS) is 1. The van der Waals surface area contributed by atoms with Crippen LogP contribution in [0.5, 0.6) is 0 Å². The highest BCUT2D eigenvalue weighted by Crippen LogP contribution is 2.13. The van der Waals surface area contributed by atoms with E-state index < -0.39 is 5.97 Å². The summed E-state index contributed by atoms with van der Waals surface area (Å²) in [5.41, 5.74) is 0.564. The minimum absolute atomic E-state index is 0.564. The van der Waals surface area contributed by atoms with Crippen LogP contribution in [0.4, 0.5) is 0 Å². The van der Waals surface area contributed by atoms with Gasteiger partial charge in [-0.3, -0.25) is 0 Å². The van der Waals surface area contributed by atoms with Crippen molar-refractivity contribution in [1.82, 2.24) is 0 Å². The highest BCUT2D eigenvalue weighted by atomic mass is 16.4. The number of aliphatic carboxylic acids is 1. The lowest BCUT2D eigenvalue weighted by molar-refractivity contribution is -0.132. The Bertz CT molecular complexity index is 231. The first-order valence-electron chi connectivity index (χ1n) is 7.60. The van der Waals surface area contributed by atoms with Gasteiger partial charge in [0.2, 0.25) is 0 Å². The van der Waals surface area contributed by atoms with Crippen LogP contribution in [0.25, 0.3) is 0 Å². The molecule has 0 aromatic heterocycles. The molecule has 0 amide bonds. The summed E-state index contributed by atoms with van der Waals surface area (Å²) in [5, 5.41) is 8.85. The molecule has 0 radical (unpaired) electrons. The van der Waals surface area contributed by atoms with Crippen molar-refractivity contribution in [2.45, 2.75) is 84.5 Å². The molecule has 0 aromatic carbocycles. The molecule has 0 heterocycles. The van der Waals surface area contributed by atoms with Crippen LogP contribution in [0.2, 0.25) is 0 Å². The van der Waals surface area contributed by atoms with Gasteiger partial charge in [0.1, 0.15) is 0 Å². The summed E-state index contributed by atoms with van der Waals surface area (Å²) in [7, 11) is 0. The maximum absolute atomic E-state index is 10.8. The lowest BCUT2D eigenvalue weighted by atomic mass is 10.0. The van der Waals surface area contributed by atoms with Crippen molar-refractivity contribution in [1.29, 1.82) is 0 Å². The molecule has 106 valence electrons. The molecule has 1 N–H and O–H groups in total. The van der Waals surface area contributed by atoms with Crippen LogP contribution in [-0.2, 0) is 4.79 Å². The molecule has 0 aliphatic heterocycles. The van der Waals surface area contributed by atoms with Gasteiger partial charge in [0.25, 0.3) is 0 Å². The normalized spacial score (nSPS) is 11.8. The number of carboxylic acids is 1. The van der Waals surface area contributed by atoms with Crippen LogP contribution < -0.4 is 0 Å². The molecule has 0 aliphatic carbocycles.